The van der Waals surface area contributed by atoms with Crippen LogP contribution in [0.4, 0.5) is 5.69 Å². The highest BCUT2D eigenvalue weighted by atomic mass is 16.5. The molecule has 0 radical (unpaired) electrons. The van der Waals surface area contributed by atoms with E-state index in [1.807, 2.05) is 18.2 Å². The lowest BCUT2D eigenvalue weighted by Crippen LogP contribution is -2.09. The van der Waals surface area contributed by atoms with Gasteiger partial charge in [0.25, 0.3) is 0 Å². The first kappa shape index (κ1) is 11.3. The van der Waals surface area contributed by atoms with Gasteiger partial charge in [0.15, 0.2) is 0 Å². The zero-order valence-electron chi connectivity index (χ0n) is 10.4. The second kappa shape index (κ2) is 4.46. The van der Waals surface area contributed by atoms with Crippen LogP contribution in [0.1, 0.15) is 24.1 Å². The molecule has 1 heterocycles. The first-order valence-electron chi connectivity index (χ1n) is 6.23. The van der Waals surface area contributed by atoms with E-state index in [1.165, 1.54) is 6.42 Å². The molecule has 0 saturated carbocycles. The summed E-state index contributed by atoms with van der Waals surface area (Å²) in [6.45, 7) is 0. The van der Waals surface area contributed by atoms with Crippen LogP contribution < -0.4 is 10.2 Å². The molecule has 0 bridgehead atoms. The molecule has 1 aliphatic rings. The standard InChI is InChI=1S/C14H16N2O2/c1-18-9-6-7-13-11(8-9)14(16-17)10-4-2-3-5-12(10)15-13/h6-8,17H,2-5H2,1H3,(H,15,16). The first-order chi connectivity index (χ1) is 8.83. The van der Waals surface area contributed by atoms with Crippen LogP contribution in [0.15, 0.2) is 18.2 Å². The molecule has 2 aromatic rings. The van der Waals surface area contributed by atoms with Crippen LogP contribution in [-0.2, 0) is 12.8 Å². The van der Waals surface area contributed by atoms with Crippen LogP contribution in [0.3, 0.4) is 0 Å². The van der Waals surface area contributed by atoms with Gasteiger partial charge in [0, 0.05) is 11.1 Å². The molecule has 4 heteroatoms. The molecule has 1 aromatic carbocycles. The summed E-state index contributed by atoms with van der Waals surface area (Å²) in [5.74, 6) is 0.775. The van der Waals surface area contributed by atoms with Gasteiger partial charge < -0.3 is 4.74 Å². The zero-order valence-corrected chi connectivity index (χ0v) is 10.4. The quantitative estimate of drug-likeness (QED) is 0.797. The van der Waals surface area contributed by atoms with Crippen molar-refractivity contribution in [3.05, 3.63) is 29.5 Å². The van der Waals surface area contributed by atoms with Crippen molar-refractivity contribution in [3.8, 4) is 5.75 Å². The molecular formula is C14H16N2O2. The Morgan fingerprint density at radius 1 is 1.28 bits per heavy atom. The molecular weight excluding hydrogens is 228 g/mol. The fourth-order valence-electron chi connectivity index (χ4n) is 2.66. The van der Waals surface area contributed by atoms with E-state index in [2.05, 4.69) is 5.48 Å². The minimum absolute atomic E-state index is 0.775. The van der Waals surface area contributed by atoms with E-state index in [-0.39, 0.29) is 0 Å². The molecule has 0 spiro atoms. The normalized spacial score (nSPS) is 14.3. The Kier molecular flexibility index (Phi) is 2.80. The number of anilines is 1. The number of aromatic nitrogens is 1. The third-order valence-corrected chi connectivity index (χ3v) is 3.58. The molecule has 1 aliphatic carbocycles. The number of hydrogen-bond acceptors (Lipinski definition) is 4. The smallest absolute Gasteiger partial charge is 0.119 e. The highest BCUT2D eigenvalue weighted by Gasteiger charge is 2.18. The second-order valence-corrected chi connectivity index (χ2v) is 4.61. The van der Waals surface area contributed by atoms with Crippen molar-refractivity contribution in [1.29, 1.82) is 0 Å². The topological polar surface area (TPSA) is 54.4 Å². The number of ether oxygens (including phenoxy) is 1. The van der Waals surface area contributed by atoms with Crippen LogP contribution in [0.5, 0.6) is 5.75 Å². The lowest BCUT2D eigenvalue weighted by Gasteiger charge is -2.20. The van der Waals surface area contributed by atoms with E-state index in [0.717, 1.165) is 52.9 Å². The van der Waals surface area contributed by atoms with Gasteiger partial charge in [-0.15, -0.1) is 0 Å². The maximum atomic E-state index is 9.44. The third kappa shape index (κ3) is 1.69. The Labute approximate surface area is 106 Å². The number of nitrogens with one attached hydrogen (secondary N) is 1. The van der Waals surface area contributed by atoms with Gasteiger partial charge in [-0.1, -0.05) is 0 Å². The Balaban J connectivity index is 2.30. The predicted octanol–water partition coefficient (Wildman–Crippen LogP) is 2.92. The average Bonchev–Trinajstić information content (AvgIpc) is 2.44. The van der Waals surface area contributed by atoms with Crippen LogP contribution in [0.2, 0.25) is 0 Å². The molecule has 0 saturated heterocycles. The van der Waals surface area contributed by atoms with Gasteiger partial charge in [0.2, 0.25) is 0 Å². The van der Waals surface area contributed by atoms with Crippen LogP contribution in [0, 0.1) is 0 Å². The summed E-state index contributed by atoms with van der Waals surface area (Å²) in [7, 11) is 1.64. The van der Waals surface area contributed by atoms with E-state index in [0.29, 0.717) is 0 Å². The minimum Gasteiger partial charge on any atom is -0.497 e. The third-order valence-electron chi connectivity index (χ3n) is 3.58. The van der Waals surface area contributed by atoms with Gasteiger partial charge in [0.05, 0.1) is 18.3 Å². The van der Waals surface area contributed by atoms with Crippen molar-refractivity contribution >= 4 is 16.6 Å². The molecule has 4 nitrogen and oxygen atoms in total. The number of methoxy groups -OCH3 is 1. The van der Waals surface area contributed by atoms with Crippen molar-refractivity contribution in [2.24, 2.45) is 0 Å². The molecule has 0 amide bonds. The van der Waals surface area contributed by atoms with Gasteiger partial charge in [0.1, 0.15) is 5.75 Å². The van der Waals surface area contributed by atoms with Gasteiger partial charge in [-0.25, -0.2) is 0 Å². The molecule has 18 heavy (non-hydrogen) atoms. The highest BCUT2D eigenvalue weighted by molar-refractivity contribution is 5.94. The molecule has 0 fully saturated rings. The summed E-state index contributed by atoms with van der Waals surface area (Å²) in [5, 5.41) is 10.4. The first-order valence-corrected chi connectivity index (χ1v) is 6.23. The number of pyridine rings is 1. The van der Waals surface area contributed by atoms with Gasteiger partial charge >= 0.3 is 0 Å². The van der Waals surface area contributed by atoms with E-state index >= 15 is 0 Å². The van der Waals surface area contributed by atoms with E-state index < -0.39 is 0 Å². The number of benzene rings is 1. The van der Waals surface area contributed by atoms with Gasteiger partial charge in [-0.05, 0) is 49.4 Å². The van der Waals surface area contributed by atoms with E-state index in [9.17, 15) is 5.21 Å². The lowest BCUT2D eigenvalue weighted by atomic mass is 9.93. The number of nitrogens with zero attached hydrogens (tertiary/aromatic N) is 1. The van der Waals surface area contributed by atoms with Crippen LogP contribution in [-0.4, -0.2) is 17.3 Å². The maximum absolute atomic E-state index is 9.44. The van der Waals surface area contributed by atoms with E-state index in [4.69, 9.17) is 9.72 Å². The molecule has 94 valence electrons. The number of hydrogen-bond donors (Lipinski definition) is 2. The largest absolute Gasteiger partial charge is 0.497 e. The zero-order chi connectivity index (χ0) is 12.5. The van der Waals surface area contributed by atoms with Gasteiger partial charge in [-0.2, -0.15) is 0 Å². The van der Waals surface area contributed by atoms with Gasteiger partial charge in [-0.3, -0.25) is 15.7 Å². The van der Waals surface area contributed by atoms with Crippen molar-refractivity contribution in [2.45, 2.75) is 25.7 Å². The number of rotatable bonds is 2. The minimum atomic E-state index is 0.775. The molecule has 1 aromatic heterocycles. The second-order valence-electron chi connectivity index (χ2n) is 4.61. The molecule has 3 rings (SSSR count). The fourth-order valence-corrected chi connectivity index (χ4v) is 2.66. The Morgan fingerprint density at radius 3 is 2.89 bits per heavy atom. The fraction of sp³-hybridized carbons (Fsp3) is 0.357. The Bertz CT molecular complexity index is 596. The van der Waals surface area contributed by atoms with Crippen LogP contribution in [0.25, 0.3) is 10.9 Å². The number of fused-ring (bicyclic) bond motifs is 2. The summed E-state index contributed by atoms with van der Waals surface area (Å²) < 4.78 is 5.23. The SMILES string of the molecule is COc1ccc2nc3c(c(NO)c2c1)CCCC3. The Hall–Kier alpha value is -1.81. The average molecular weight is 244 g/mol. The predicted molar refractivity (Wildman–Crippen MR) is 70.3 cm³/mol. The monoisotopic (exact) mass is 244 g/mol. The maximum Gasteiger partial charge on any atom is 0.119 e. The summed E-state index contributed by atoms with van der Waals surface area (Å²) in [4.78, 5) is 4.69. The van der Waals surface area contributed by atoms with Crippen LogP contribution >= 0.6 is 0 Å². The molecule has 2 N–H and O–H groups in total. The number of aryl methyl sites for hydroxylation is 1. The summed E-state index contributed by atoms with van der Waals surface area (Å²) >= 11 is 0. The summed E-state index contributed by atoms with van der Waals surface area (Å²) in [5.41, 5.74) is 6.29. The highest BCUT2D eigenvalue weighted by Crippen LogP contribution is 2.34. The van der Waals surface area contributed by atoms with Crippen molar-refractivity contribution in [3.63, 3.8) is 0 Å². The van der Waals surface area contributed by atoms with Crippen molar-refractivity contribution in [1.82, 2.24) is 4.98 Å². The lowest BCUT2D eigenvalue weighted by molar-refractivity contribution is 0.388. The summed E-state index contributed by atoms with van der Waals surface area (Å²) in [6.07, 6.45) is 4.29. The molecule has 0 atom stereocenters. The Morgan fingerprint density at radius 2 is 2.11 bits per heavy atom. The van der Waals surface area contributed by atoms with E-state index in [1.54, 1.807) is 7.11 Å². The van der Waals surface area contributed by atoms with Crippen molar-refractivity contribution < 1.29 is 9.94 Å². The molecule has 0 unspecified atom stereocenters. The van der Waals surface area contributed by atoms with Crippen molar-refractivity contribution in [2.75, 3.05) is 12.6 Å². The molecule has 0 aliphatic heterocycles. The summed E-state index contributed by atoms with van der Waals surface area (Å²) in [6, 6.07) is 5.74.